The third-order valence-electron chi connectivity index (χ3n) is 2.72. The van der Waals surface area contributed by atoms with E-state index < -0.39 is 0 Å². The summed E-state index contributed by atoms with van der Waals surface area (Å²) in [6.07, 6.45) is 3.73. The molecule has 0 radical (unpaired) electrons. The van der Waals surface area contributed by atoms with Gasteiger partial charge in [-0.1, -0.05) is 12.1 Å². The van der Waals surface area contributed by atoms with E-state index >= 15 is 0 Å². The van der Waals surface area contributed by atoms with Crippen molar-refractivity contribution in [2.24, 2.45) is 0 Å². The van der Waals surface area contributed by atoms with Crippen LogP contribution >= 0.6 is 0 Å². The molecule has 0 bridgehead atoms. The highest BCUT2D eigenvalue weighted by Gasteiger charge is 2.04. The van der Waals surface area contributed by atoms with Crippen LogP contribution in [0.15, 0.2) is 42.7 Å². The summed E-state index contributed by atoms with van der Waals surface area (Å²) >= 11 is 0. The van der Waals surface area contributed by atoms with Crippen molar-refractivity contribution < 1.29 is 0 Å². The fraction of sp³-hybridized carbons (Fsp3) is 0.286. The minimum absolute atomic E-state index is 0.248. The molecule has 0 saturated heterocycles. The molecular weight excluding hydrogens is 210 g/mol. The number of aryl methyl sites for hydroxylation is 1. The van der Waals surface area contributed by atoms with Gasteiger partial charge in [-0.25, -0.2) is 0 Å². The minimum atomic E-state index is 0.248. The molecule has 0 aromatic carbocycles. The van der Waals surface area contributed by atoms with Crippen molar-refractivity contribution in [1.29, 1.82) is 0 Å². The van der Waals surface area contributed by atoms with Gasteiger partial charge in [-0.15, -0.1) is 0 Å². The molecule has 17 heavy (non-hydrogen) atoms. The zero-order valence-electron chi connectivity index (χ0n) is 10.2. The number of hydrogen-bond acceptors (Lipinski definition) is 3. The zero-order chi connectivity index (χ0) is 12.1. The number of rotatable bonds is 4. The fourth-order valence-corrected chi connectivity index (χ4v) is 1.61. The van der Waals surface area contributed by atoms with Crippen LogP contribution < -0.4 is 5.32 Å². The number of aromatic nitrogens is 2. The molecule has 0 aliphatic heterocycles. The van der Waals surface area contributed by atoms with E-state index in [1.807, 2.05) is 43.6 Å². The first-order valence-corrected chi connectivity index (χ1v) is 5.81. The van der Waals surface area contributed by atoms with E-state index in [4.69, 9.17) is 0 Å². The van der Waals surface area contributed by atoms with Crippen molar-refractivity contribution in [1.82, 2.24) is 15.3 Å². The number of nitrogens with one attached hydrogen (secondary N) is 1. The van der Waals surface area contributed by atoms with E-state index in [2.05, 4.69) is 28.3 Å². The Hall–Kier alpha value is -1.74. The summed E-state index contributed by atoms with van der Waals surface area (Å²) in [5, 5.41) is 3.43. The molecule has 2 aromatic rings. The molecule has 0 aliphatic rings. The van der Waals surface area contributed by atoms with Gasteiger partial charge in [0.15, 0.2) is 0 Å². The van der Waals surface area contributed by atoms with Crippen molar-refractivity contribution in [2.45, 2.75) is 26.4 Å². The van der Waals surface area contributed by atoms with Gasteiger partial charge in [-0.2, -0.15) is 0 Å². The summed E-state index contributed by atoms with van der Waals surface area (Å²) in [4.78, 5) is 8.60. The Kier molecular flexibility index (Phi) is 3.83. The van der Waals surface area contributed by atoms with E-state index in [-0.39, 0.29) is 6.04 Å². The standard InChI is InChI=1S/C14H17N3/c1-11-6-7-13(9-16-11)10-17-12(2)14-5-3-4-8-15-14/h3-9,12,17H,10H2,1-2H3. The topological polar surface area (TPSA) is 37.8 Å². The van der Waals surface area contributed by atoms with Crippen LogP contribution in [-0.4, -0.2) is 9.97 Å². The van der Waals surface area contributed by atoms with Crippen LogP contribution in [0.4, 0.5) is 0 Å². The molecule has 3 heteroatoms. The number of hydrogen-bond donors (Lipinski definition) is 1. The second-order valence-electron chi connectivity index (χ2n) is 4.17. The quantitative estimate of drug-likeness (QED) is 0.872. The molecule has 0 fully saturated rings. The molecule has 0 spiro atoms. The average molecular weight is 227 g/mol. The first kappa shape index (κ1) is 11.7. The monoisotopic (exact) mass is 227 g/mol. The Morgan fingerprint density at radius 3 is 2.71 bits per heavy atom. The lowest BCUT2D eigenvalue weighted by Gasteiger charge is -2.12. The van der Waals surface area contributed by atoms with Crippen molar-refractivity contribution in [3.05, 3.63) is 59.7 Å². The Bertz CT molecular complexity index is 451. The molecule has 1 atom stereocenters. The lowest BCUT2D eigenvalue weighted by molar-refractivity contribution is 0.560. The maximum absolute atomic E-state index is 4.33. The molecule has 1 unspecified atom stereocenters. The molecule has 0 amide bonds. The lowest BCUT2D eigenvalue weighted by atomic mass is 10.2. The first-order chi connectivity index (χ1) is 8.25. The fourth-order valence-electron chi connectivity index (χ4n) is 1.61. The predicted molar refractivity (Wildman–Crippen MR) is 68.5 cm³/mol. The smallest absolute Gasteiger partial charge is 0.0570 e. The summed E-state index contributed by atoms with van der Waals surface area (Å²) in [6, 6.07) is 10.3. The van der Waals surface area contributed by atoms with Gasteiger partial charge in [0.1, 0.15) is 0 Å². The molecule has 2 aromatic heterocycles. The van der Waals surface area contributed by atoms with Crippen LogP contribution in [0.3, 0.4) is 0 Å². The first-order valence-electron chi connectivity index (χ1n) is 5.81. The highest BCUT2D eigenvalue weighted by molar-refractivity contribution is 5.14. The normalized spacial score (nSPS) is 12.4. The maximum atomic E-state index is 4.33. The number of pyridine rings is 2. The van der Waals surface area contributed by atoms with Crippen molar-refractivity contribution >= 4 is 0 Å². The molecule has 1 N–H and O–H groups in total. The lowest BCUT2D eigenvalue weighted by Crippen LogP contribution is -2.19. The number of nitrogens with zero attached hydrogens (tertiary/aromatic N) is 2. The largest absolute Gasteiger partial charge is 0.305 e. The minimum Gasteiger partial charge on any atom is -0.305 e. The third-order valence-corrected chi connectivity index (χ3v) is 2.72. The van der Waals surface area contributed by atoms with Crippen LogP contribution in [0.2, 0.25) is 0 Å². The summed E-state index contributed by atoms with van der Waals surface area (Å²) in [7, 11) is 0. The maximum Gasteiger partial charge on any atom is 0.0570 e. The molecular formula is C14H17N3. The Labute approximate surface area is 102 Å². The summed E-state index contributed by atoms with van der Waals surface area (Å²) in [5.41, 5.74) is 3.30. The van der Waals surface area contributed by atoms with Crippen LogP contribution in [0.1, 0.15) is 29.9 Å². The van der Waals surface area contributed by atoms with Gasteiger partial charge < -0.3 is 5.32 Å². The Balaban J connectivity index is 1.92. The summed E-state index contributed by atoms with van der Waals surface area (Å²) in [5.74, 6) is 0. The molecule has 0 saturated carbocycles. The van der Waals surface area contributed by atoms with Gasteiger partial charge in [0.25, 0.3) is 0 Å². The van der Waals surface area contributed by atoms with Gasteiger partial charge in [0.05, 0.1) is 5.69 Å². The highest BCUT2D eigenvalue weighted by Crippen LogP contribution is 2.09. The predicted octanol–water partition coefficient (Wildman–Crippen LogP) is 2.64. The average Bonchev–Trinajstić information content (AvgIpc) is 2.39. The van der Waals surface area contributed by atoms with Gasteiger partial charge in [-0.3, -0.25) is 9.97 Å². The summed E-state index contributed by atoms with van der Waals surface area (Å²) < 4.78 is 0. The van der Waals surface area contributed by atoms with Gasteiger partial charge >= 0.3 is 0 Å². The van der Waals surface area contributed by atoms with Crippen LogP contribution in [0.25, 0.3) is 0 Å². The van der Waals surface area contributed by atoms with Gasteiger partial charge in [-0.05, 0) is 37.6 Å². The Morgan fingerprint density at radius 2 is 2.06 bits per heavy atom. The van der Waals surface area contributed by atoms with Crippen molar-refractivity contribution in [3.63, 3.8) is 0 Å². The zero-order valence-corrected chi connectivity index (χ0v) is 10.2. The highest BCUT2D eigenvalue weighted by atomic mass is 14.9. The SMILES string of the molecule is Cc1ccc(CNC(C)c2ccccn2)cn1. The van der Waals surface area contributed by atoms with Gasteiger partial charge in [0, 0.05) is 30.7 Å². The molecule has 3 nitrogen and oxygen atoms in total. The van der Waals surface area contributed by atoms with E-state index in [1.165, 1.54) is 5.56 Å². The Morgan fingerprint density at radius 1 is 1.18 bits per heavy atom. The molecule has 2 heterocycles. The van der Waals surface area contributed by atoms with Crippen molar-refractivity contribution in [3.8, 4) is 0 Å². The second kappa shape index (κ2) is 5.55. The molecule has 2 rings (SSSR count). The van der Waals surface area contributed by atoms with E-state index in [0.29, 0.717) is 0 Å². The van der Waals surface area contributed by atoms with E-state index in [0.717, 1.165) is 17.9 Å². The van der Waals surface area contributed by atoms with Crippen LogP contribution in [0.5, 0.6) is 0 Å². The van der Waals surface area contributed by atoms with E-state index in [1.54, 1.807) is 0 Å². The third kappa shape index (κ3) is 3.36. The van der Waals surface area contributed by atoms with Crippen molar-refractivity contribution in [2.75, 3.05) is 0 Å². The van der Waals surface area contributed by atoms with E-state index in [9.17, 15) is 0 Å². The summed E-state index contributed by atoms with van der Waals surface area (Å²) in [6.45, 7) is 4.92. The molecule has 88 valence electrons. The van der Waals surface area contributed by atoms with Crippen LogP contribution in [0, 0.1) is 6.92 Å². The van der Waals surface area contributed by atoms with Crippen LogP contribution in [-0.2, 0) is 6.54 Å². The second-order valence-corrected chi connectivity index (χ2v) is 4.17. The molecule has 0 aliphatic carbocycles. The van der Waals surface area contributed by atoms with Gasteiger partial charge in [0.2, 0.25) is 0 Å².